The summed E-state index contributed by atoms with van der Waals surface area (Å²) in [4.78, 5) is 4.34. The number of halogens is 2. The normalized spacial score (nSPS) is 16.3. The van der Waals surface area contributed by atoms with Crippen LogP contribution in [0.3, 0.4) is 0 Å². The zero-order chi connectivity index (χ0) is 17.6. The molecule has 0 bridgehead atoms. The minimum atomic E-state index is -0.756. The molecule has 0 saturated carbocycles. The highest BCUT2D eigenvalue weighted by molar-refractivity contribution is 6.31. The maximum Gasteiger partial charge on any atom is 0.205 e. The number of pyridine rings is 1. The van der Waals surface area contributed by atoms with Crippen molar-refractivity contribution >= 4 is 22.5 Å². The van der Waals surface area contributed by atoms with E-state index >= 15 is 0 Å². The van der Waals surface area contributed by atoms with Crippen molar-refractivity contribution < 1.29 is 9.13 Å². The lowest BCUT2D eigenvalue weighted by atomic mass is 9.82. The molecular formula is C19H11ClFN3O. The van der Waals surface area contributed by atoms with Crippen LogP contribution in [0.25, 0.3) is 10.9 Å². The van der Waals surface area contributed by atoms with Crippen LogP contribution in [0.1, 0.15) is 17.0 Å². The van der Waals surface area contributed by atoms with E-state index in [2.05, 4.69) is 4.98 Å². The fourth-order valence-corrected chi connectivity index (χ4v) is 3.41. The second kappa shape index (κ2) is 5.76. The Hall–Kier alpha value is -3.10. The summed E-state index contributed by atoms with van der Waals surface area (Å²) in [5, 5.41) is 10.6. The van der Waals surface area contributed by atoms with Gasteiger partial charge in [-0.1, -0.05) is 35.9 Å². The van der Waals surface area contributed by atoms with E-state index < -0.39 is 11.7 Å². The first-order valence-corrected chi connectivity index (χ1v) is 7.88. The summed E-state index contributed by atoms with van der Waals surface area (Å²) < 4.78 is 20.3. The molecule has 0 fully saturated rings. The van der Waals surface area contributed by atoms with Gasteiger partial charge >= 0.3 is 0 Å². The Bertz CT molecular complexity index is 1070. The maximum absolute atomic E-state index is 14.6. The molecule has 122 valence electrons. The molecule has 0 radical (unpaired) electrons. The predicted octanol–water partition coefficient (Wildman–Crippen LogP) is 4.25. The van der Waals surface area contributed by atoms with Crippen LogP contribution in [-0.2, 0) is 0 Å². The van der Waals surface area contributed by atoms with Gasteiger partial charge in [-0.05, 0) is 18.2 Å². The van der Waals surface area contributed by atoms with Gasteiger partial charge in [-0.25, -0.2) is 4.39 Å². The van der Waals surface area contributed by atoms with Crippen molar-refractivity contribution in [1.82, 2.24) is 4.98 Å². The summed E-state index contributed by atoms with van der Waals surface area (Å²) in [5.74, 6) is -0.919. The molecule has 6 heteroatoms. The molecule has 2 heterocycles. The molecule has 0 saturated heterocycles. The van der Waals surface area contributed by atoms with Gasteiger partial charge in [-0.2, -0.15) is 5.26 Å². The molecule has 0 unspecified atom stereocenters. The number of benzene rings is 2. The smallest absolute Gasteiger partial charge is 0.205 e. The highest BCUT2D eigenvalue weighted by atomic mass is 35.5. The Morgan fingerprint density at radius 2 is 2.04 bits per heavy atom. The van der Waals surface area contributed by atoms with Crippen LogP contribution in [-0.4, -0.2) is 4.98 Å². The molecule has 3 aromatic rings. The highest BCUT2D eigenvalue weighted by Gasteiger charge is 2.34. The Morgan fingerprint density at radius 3 is 2.80 bits per heavy atom. The number of rotatable bonds is 1. The number of nitrogens with zero attached hydrogens (tertiary/aromatic N) is 2. The van der Waals surface area contributed by atoms with Crippen LogP contribution < -0.4 is 10.5 Å². The number of allylic oxidation sites excluding steroid dienone is 1. The van der Waals surface area contributed by atoms with Gasteiger partial charge in [0.05, 0.1) is 5.92 Å². The van der Waals surface area contributed by atoms with E-state index in [-0.39, 0.29) is 22.0 Å². The van der Waals surface area contributed by atoms with Gasteiger partial charge < -0.3 is 10.5 Å². The van der Waals surface area contributed by atoms with Crippen molar-refractivity contribution in [2.75, 3.05) is 0 Å². The minimum Gasteiger partial charge on any atom is -0.438 e. The number of ether oxygens (including phenoxy) is 1. The Labute approximate surface area is 147 Å². The number of fused-ring (bicyclic) bond motifs is 3. The summed E-state index contributed by atoms with van der Waals surface area (Å²) >= 11 is 6.25. The standard InChI is InChI=1S/C19H11ClFN3O/c20-13-4-1-5-14(21)16(13)15-11-7-6-10-3-2-8-24-17(10)18(11)25-19(23)12(15)9-22/h1-8,15H,23H2/t15-/m0/s1. The lowest BCUT2D eigenvalue weighted by Gasteiger charge is -2.27. The first-order valence-electron chi connectivity index (χ1n) is 7.51. The third kappa shape index (κ3) is 2.31. The molecule has 1 atom stereocenters. The molecule has 2 N–H and O–H groups in total. The van der Waals surface area contributed by atoms with Crippen molar-refractivity contribution in [3.63, 3.8) is 0 Å². The third-order valence-corrected chi connectivity index (χ3v) is 4.57. The molecule has 4 rings (SSSR count). The number of nitrogens with two attached hydrogens (primary N) is 1. The molecule has 4 nitrogen and oxygen atoms in total. The Balaban J connectivity index is 2.07. The van der Waals surface area contributed by atoms with E-state index in [9.17, 15) is 9.65 Å². The molecule has 25 heavy (non-hydrogen) atoms. The average Bonchev–Trinajstić information content (AvgIpc) is 2.61. The molecule has 0 spiro atoms. The molecule has 2 aromatic carbocycles. The topological polar surface area (TPSA) is 71.9 Å². The second-order valence-corrected chi connectivity index (χ2v) is 6.03. The van der Waals surface area contributed by atoms with Gasteiger partial charge in [0.25, 0.3) is 0 Å². The van der Waals surface area contributed by atoms with Crippen molar-refractivity contribution in [2.24, 2.45) is 5.73 Å². The molecule has 0 amide bonds. The molecule has 1 aliphatic heterocycles. The SMILES string of the molecule is N#CC1=C(N)Oc2c(ccc3cccnc23)[C@@H]1c1c(F)cccc1Cl. The van der Waals surface area contributed by atoms with E-state index in [1.807, 2.05) is 24.3 Å². The van der Waals surface area contributed by atoms with E-state index in [0.29, 0.717) is 16.8 Å². The van der Waals surface area contributed by atoms with Crippen molar-refractivity contribution in [3.05, 3.63) is 82.1 Å². The second-order valence-electron chi connectivity index (χ2n) is 5.62. The molecule has 1 aliphatic rings. The summed E-state index contributed by atoms with van der Waals surface area (Å²) in [7, 11) is 0. The van der Waals surface area contributed by atoms with Gasteiger partial charge in [0.15, 0.2) is 5.75 Å². The zero-order valence-corrected chi connectivity index (χ0v) is 13.6. The number of hydrogen-bond acceptors (Lipinski definition) is 4. The zero-order valence-electron chi connectivity index (χ0n) is 12.8. The monoisotopic (exact) mass is 351 g/mol. The summed E-state index contributed by atoms with van der Waals surface area (Å²) in [6.45, 7) is 0. The van der Waals surface area contributed by atoms with Crippen LogP contribution in [0.15, 0.2) is 60.1 Å². The van der Waals surface area contributed by atoms with Gasteiger partial charge in [-0.3, -0.25) is 4.98 Å². The fourth-order valence-electron chi connectivity index (χ4n) is 3.14. The average molecular weight is 352 g/mol. The van der Waals surface area contributed by atoms with Gasteiger partial charge in [0.1, 0.15) is 23.0 Å². The summed E-state index contributed by atoms with van der Waals surface area (Å²) in [5.41, 5.74) is 7.48. The summed E-state index contributed by atoms with van der Waals surface area (Å²) in [6, 6.07) is 13.8. The van der Waals surface area contributed by atoms with E-state index in [4.69, 9.17) is 22.1 Å². The number of nitriles is 1. The van der Waals surface area contributed by atoms with Crippen molar-refractivity contribution in [2.45, 2.75) is 5.92 Å². The molecular weight excluding hydrogens is 341 g/mol. The fraction of sp³-hybridized carbons (Fsp3) is 0.0526. The quantitative estimate of drug-likeness (QED) is 0.711. The first kappa shape index (κ1) is 15.4. The minimum absolute atomic E-state index is 0.0718. The van der Waals surface area contributed by atoms with Crippen LogP contribution in [0.4, 0.5) is 4.39 Å². The lowest BCUT2D eigenvalue weighted by molar-refractivity contribution is 0.396. The Kier molecular flexibility index (Phi) is 3.56. The van der Waals surface area contributed by atoms with Crippen LogP contribution >= 0.6 is 11.6 Å². The van der Waals surface area contributed by atoms with Crippen molar-refractivity contribution in [1.29, 1.82) is 5.26 Å². The number of hydrogen-bond donors (Lipinski definition) is 1. The van der Waals surface area contributed by atoms with Crippen LogP contribution in [0.2, 0.25) is 5.02 Å². The van der Waals surface area contributed by atoms with Gasteiger partial charge in [0.2, 0.25) is 5.88 Å². The molecule has 0 aliphatic carbocycles. The highest BCUT2D eigenvalue weighted by Crippen LogP contribution is 2.46. The molecule has 1 aromatic heterocycles. The third-order valence-electron chi connectivity index (χ3n) is 4.24. The first-order chi connectivity index (χ1) is 12.1. The van der Waals surface area contributed by atoms with E-state index in [1.165, 1.54) is 12.1 Å². The number of aromatic nitrogens is 1. The maximum atomic E-state index is 14.6. The van der Waals surface area contributed by atoms with Crippen molar-refractivity contribution in [3.8, 4) is 11.8 Å². The van der Waals surface area contributed by atoms with Crippen LogP contribution in [0, 0.1) is 17.1 Å². The summed E-state index contributed by atoms with van der Waals surface area (Å²) in [6.07, 6.45) is 1.64. The predicted molar refractivity (Wildman–Crippen MR) is 92.5 cm³/mol. The van der Waals surface area contributed by atoms with Crippen LogP contribution in [0.5, 0.6) is 5.75 Å². The van der Waals surface area contributed by atoms with E-state index in [1.54, 1.807) is 18.3 Å². The van der Waals surface area contributed by atoms with E-state index in [0.717, 1.165) is 5.39 Å². The Morgan fingerprint density at radius 1 is 1.20 bits per heavy atom. The van der Waals surface area contributed by atoms with Gasteiger partial charge in [-0.15, -0.1) is 0 Å². The lowest BCUT2D eigenvalue weighted by Crippen LogP contribution is -2.22. The largest absolute Gasteiger partial charge is 0.438 e. The van der Waals surface area contributed by atoms with Gasteiger partial charge in [0, 0.05) is 27.7 Å².